The van der Waals surface area contributed by atoms with Crippen LogP contribution in [0, 0.1) is 0 Å². The Morgan fingerprint density at radius 3 is 2.89 bits per heavy atom. The van der Waals surface area contributed by atoms with Gasteiger partial charge in [-0.25, -0.2) is 0 Å². The first-order valence-electron chi connectivity index (χ1n) is 6.32. The SMILES string of the molecule is Cn1c2ccncc2c2ccc(CCCN)cc21. The standard InChI is InChI=1S/C15H17N3/c1-18-14-6-8-17-10-13(14)12-5-4-11(3-2-7-16)9-15(12)18/h4-6,8-10H,2-3,7,16H2,1H3. The van der Waals surface area contributed by atoms with Crippen molar-refractivity contribution in [3.05, 3.63) is 42.2 Å². The lowest BCUT2D eigenvalue weighted by atomic mass is 10.1. The van der Waals surface area contributed by atoms with E-state index in [0.29, 0.717) is 0 Å². The molecule has 3 heteroatoms. The lowest BCUT2D eigenvalue weighted by Gasteiger charge is -2.02. The number of fused-ring (bicyclic) bond motifs is 3. The number of rotatable bonds is 3. The molecule has 92 valence electrons. The lowest BCUT2D eigenvalue weighted by molar-refractivity contribution is 0.833. The molecule has 0 radical (unpaired) electrons. The van der Waals surface area contributed by atoms with Gasteiger partial charge in [0.1, 0.15) is 0 Å². The molecular weight excluding hydrogens is 222 g/mol. The zero-order valence-corrected chi connectivity index (χ0v) is 10.6. The van der Waals surface area contributed by atoms with Crippen molar-refractivity contribution >= 4 is 21.8 Å². The van der Waals surface area contributed by atoms with Crippen LogP contribution >= 0.6 is 0 Å². The van der Waals surface area contributed by atoms with Gasteiger partial charge in [0.25, 0.3) is 0 Å². The molecule has 2 N–H and O–H groups in total. The molecule has 2 aromatic heterocycles. The van der Waals surface area contributed by atoms with Crippen molar-refractivity contribution in [1.82, 2.24) is 9.55 Å². The largest absolute Gasteiger partial charge is 0.344 e. The molecule has 0 fully saturated rings. The van der Waals surface area contributed by atoms with Gasteiger partial charge in [-0.1, -0.05) is 12.1 Å². The number of pyridine rings is 1. The average molecular weight is 239 g/mol. The van der Waals surface area contributed by atoms with Crippen LogP contribution in [0.25, 0.3) is 21.8 Å². The highest BCUT2D eigenvalue weighted by molar-refractivity contribution is 6.07. The van der Waals surface area contributed by atoms with Crippen LogP contribution in [0.5, 0.6) is 0 Å². The summed E-state index contributed by atoms with van der Waals surface area (Å²) in [7, 11) is 2.11. The zero-order valence-electron chi connectivity index (χ0n) is 10.6. The number of aromatic nitrogens is 2. The Kier molecular flexibility index (Phi) is 2.76. The van der Waals surface area contributed by atoms with Gasteiger partial charge in [0.2, 0.25) is 0 Å². The summed E-state index contributed by atoms with van der Waals surface area (Å²) in [6.07, 6.45) is 5.87. The Morgan fingerprint density at radius 1 is 1.17 bits per heavy atom. The Balaban J connectivity index is 2.22. The van der Waals surface area contributed by atoms with Gasteiger partial charge in [0.05, 0.1) is 5.52 Å². The Hall–Kier alpha value is -1.87. The maximum Gasteiger partial charge on any atom is 0.0519 e. The van der Waals surface area contributed by atoms with Crippen molar-refractivity contribution in [2.24, 2.45) is 12.8 Å². The van der Waals surface area contributed by atoms with Crippen LogP contribution in [0.1, 0.15) is 12.0 Å². The van der Waals surface area contributed by atoms with E-state index in [1.807, 2.05) is 12.4 Å². The minimum absolute atomic E-state index is 0.747. The quantitative estimate of drug-likeness (QED) is 0.763. The molecule has 0 spiro atoms. The van der Waals surface area contributed by atoms with E-state index < -0.39 is 0 Å². The monoisotopic (exact) mass is 239 g/mol. The molecular formula is C15H17N3. The molecule has 3 aromatic rings. The summed E-state index contributed by atoms with van der Waals surface area (Å²) < 4.78 is 2.23. The zero-order chi connectivity index (χ0) is 12.5. The van der Waals surface area contributed by atoms with Crippen molar-refractivity contribution < 1.29 is 0 Å². The molecule has 0 amide bonds. The van der Waals surface area contributed by atoms with Gasteiger partial charge in [-0.15, -0.1) is 0 Å². The van der Waals surface area contributed by atoms with Crippen molar-refractivity contribution in [1.29, 1.82) is 0 Å². The third kappa shape index (κ3) is 1.68. The normalized spacial score (nSPS) is 11.4. The summed E-state index contributed by atoms with van der Waals surface area (Å²) >= 11 is 0. The Morgan fingerprint density at radius 2 is 2.06 bits per heavy atom. The van der Waals surface area contributed by atoms with E-state index in [9.17, 15) is 0 Å². The number of benzene rings is 1. The Labute approximate surface area is 106 Å². The molecule has 0 aliphatic heterocycles. The summed E-state index contributed by atoms with van der Waals surface area (Å²) in [5.74, 6) is 0. The van der Waals surface area contributed by atoms with Crippen LogP contribution in [-0.4, -0.2) is 16.1 Å². The summed E-state index contributed by atoms with van der Waals surface area (Å²) in [5, 5.41) is 2.50. The molecule has 0 bridgehead atoms. The number of aryl methyl sites for hydroxylation is 2. The maximum absolute atomic E-state index is 5.57. The molecule has 0 unspecified atom stereocenters. The van der Waals surface area contributed by atoms with E-state index in [2.05, 4.69) is 40.9 Å². The fourth-order valence-corrected chi connectivity index (χ4v) is 2.56. The molecule has 1 aromatic carbocycles. The summed E-state index contributed by atoms with van der Waals surface area (Å²) in [5.41, 5.74) is 9.42. The highest BCUT2D eigenvalue weighted by atomic mass is 14.9. The highest BCUT2D eigenvalue weighted by Crippen LogP contribution is 2.28. The first kappa shape index (κ1) is 11.2. The number of hydrogen-bond donors (Lipinski definition) is 1. The van der Waals surface area contributed by atoms with Crippen molar-refractivity contribution in [3.63, 3.8) is 0 Å². The van der Waals surface area contributed by atoms with E-state index in [1.165, 1.54) is 27.4 Å². The van der Waals surface area contributed by atoms with Crippen LogP contribution in [0.4, 0.5) is 0 Å². The van der Waals surface area contributed by atoms with Gasteiger partial charge in [0, 0.05) is 35.7 Å². The second-order valence-electron chi connectivity index (χ2n) is 4.70. The van der Waals surface area contributed by atoms with E-state index in [-0.39, 0.29) is 0 Å². The molecule has 0 atom stereocenters. The summed E-state index contributed by atoms with van der Waals surface area (Å²) in [4.78, 5) is 4.22. The topological polar surface area (TPSA) is 43.8 Å². The van der Waals surface area contributed by atoms with E-state index >= 15 is 0 Å². The second-order valence-corrected chi connectivity index (χ2v) is 4.70. The third-order valence-electron chi connectivity index (χ3n) is 3.54. The smallest absolute Gasteiger partial charge is 0.0519 e. The molecule has 18 heavy (non-hydrogen) atoms. The minimum atomic E-state index is 0.747. The predicted molar refractivity (Wildman–Crippen MR) is 75.6 cm³/mol. The van der Waals surface area contributed by atoms with Gasteiger partial charge in [-0.2, -0.15) is 0 Å². The van der Waals surface area contributed by atoms with Crippen LogP contribution in [0.15, 0.2) is 36.7 Å². The van der Waals surface area contributed by atoms with Crippen LogP contribution < -0.4 is 5.73 Å². The van der Waals surface area contributed by atoms with Crippen LogP contribution in [0.3, 0.4) is 0 Å². The number of nitrogens with zero attached hydrogens (tertiary/aromatic N) is 2. The van der Waals surface area contributed by atoms with Gasteiger partial charge < -0.3 is 10.3 Å². The molecule has 0 aliphatic rings. The number of hydrogen-bond acceptors (Lipinski definition) is 2. The summed E-state index contributed by atoms with van der Waals surface area (Å²) in [6, 6.07) is 8.73. The van der Waals surface area contributed by atoms with Gasteiger partial charge >= 0.3 is 0 Å². The summed E-state index contributed by atoms with van der Waals surface area (Å²) in [6.45, 7) is 0.747. The maximum atomic E-state index is 5.57. The molecule has 0 saturated carbocycles. The average Bonchev–Trinajstić information content (AvgIpc) is 2.71. The fourth-order valence-electron chi connectivity index (χ4n) is 2.56. The molecule has 0 aliphatic carbocycles. The molecule has 3 rings (SSSR count). The predicted octanol–water partition coefficient (Wildman–Crippen LogP) is 2.62. The van der Waals surface area contributed by atoms with E-state index in [1.54, 1.807) is 0 Å². The Bertz CT molecular complexity index is 697. The van der Waals surface area contributed by atoms with E-state index in [4.69, 9.17) is 5.73 Å². The lowest BCUT2D eigenvalue weighted by Crippen LogP contribution is -2.00. The van der Waals surface area contributed by atoms with Crippen molar-refractivity contribution in [3.8, 4) is 0 Å². The fraction of sp³-hybridized carbons (Fsp3) is 0.267. The molecule has 2 heterocycles. The first-order valence-corrected chi connectivity index (χ1v) is 6.32. The molecule has 0 saturated heterocycles. The van der Waals surface area contributed by atoms with Crippen LogP contribution in [-0.2, 0) is 13.5 Å². The third-order valence-corrected chi connectivity index (χ3v) is 3.54. The van der Waals surface area contributed by atoms with Gasteiger partial charge in [-0.3, -0.25) is 4.98 Å². The first-order chi connectivity index (χ1) is 8.81. The second kappa shape index (κ2) is 4.42. The van der Waals surface area contributed by atoms with Gasteiger partial charge in [0.15, 0.2) is 0 Å². The highest BCUT2D eigenvalue weighted by Gasteiger charge is 2.08. The minimum Gasteiger partial charge on any atom is -0.344 e. The van der Waals surface area contributed by atoms with Gasteiger partial charge in [-0.05, 0) is 37.1 Å². The number of nitrogens with two attached hydrogens (primary N) is 1. The van der Waals surface area contributed by atoms with Crippen LogP contribution in [0.2, 0.25) is 0 Å². The van der Waals surface area contributed by atoms with Crippen molar-refractivity contribution in [2.75, 3.05) is 6.54 Å². The van der Waals surface area contributed by atoms with E-state index in [0.717, 1.165) is 19.4 Å². The molecule has 3 nitrogen and oxygen atoms in total. The van der Waals surface area contributed by atoms with Crippen molar-refractivity contribution in [2.45, 2.75) is 12.8 Å².